The molecule has 110 valence electrons. The predicted molar refractivity (Wildman–Crippen MR) is 61.9 cm³/mol. The molecule has 2 N–H and O–H groups in total. The minimum absolute atomic E-state index is 0.110. The molecule has 0 radical (unpaired) electrons. The summed E-state index contributed by atoms with van der Waals surface area (Å²) in [6.45, 7) is 0. The van der Waals surface area contributed by atoms with Crippen molar-refractivity contribution in [1.82, 2.24) is 0 Å². The molecular formula is C9H10N2O9. The van der Waals surface area contributed by atoms with Gasteiger partial charge in [0.1, 0.15) is 5.56 Å². The maximum atomic E-state index is 10.8. The molecule has 1 aromatic rings. The number of rotatable bonds is 4. The van der Waals surface area contributed by atoms with Crippen LogP contribution in [-0.4, -0.2) is 40.5 Å². The van der Waals surface area contributed by atoms with Gasteiger partial charge in [0.2, 0.25) is 0 Å². The van der Waals surface area contributed by atoms with E-state index in [0.29, 0.717) is 0 Å². The molecule has 0 amide bonds. The number of ether oxygens (including phenoxy) is 2. The smallest absolute Gasteiger partial charge is 0.342 e. The van der Waals surface area contributed by atoms with Gasteiger partial charge in [0, 0.05) is 6.07 Å². The molecule has 0 aliphatic carbocycles. The first-order valence-corrected chi connectivity index (χ1v) is 4.71. The van der Waals surface area contributed by atoms with Crippen molar-refractivity contribution in [2.75, 3.05) is 14.2 Å². The van der Waals surface area contributed by atoms with Crippen molar-refractivity contribution in [1.29, 1.82) is 0 Å². The monoisotopic (exact) mass is 290 g/mol. The quantitative estimate of drug-likeness (QED) is 0.607. The molecule has 0 heterocycles. The van der Waals surface area contributed by atoms with Crippen molar-refractivity contribution in [3.05, 3.63) is 37.9 Å². The van der Waals surface area contributed by atoms with Gasteiger partial charge in [-0.3, -0.25) is 10.1 Å². The normalized spacial score (nSPS) is 8.90. The average molecular weight is 290 g/mol. The fraction of sp³-hybridized carbons (Fsp3) is 0.222. The Bertz CT molecular complexity index is 483. The van der Waals surface area contributed by atoms with Crippen LogP contribution in [0.1, 0.15) is 10.4 Å². The number of benzene rings is 1. The summed E-state index contributed by atoms with van der Waals surface area (Å²) in [6.07, 6.45) is 0. The first-order chi connectivity index (χ1) is 9.24. The average Bonchev–Trinajstić information content (AvgIpc) is 2.35. The Labute approximate surface area is 111 Å². The Balaban J connectivity index is 0.000000796. The molecule has 20 heavy (non-hydrogen) atoms. The molecule has 1 aromatic carbocycles. The molecule has 0 bridgehead atoms. The number of methoxy groups -OCH3 is 2. The first kappa shape index (κ1) is 16.9. The van der Waals surface area contributed by atoms with E-state index in [1.54, 1.807) is 0 Å². The number of aromatic carboxylic acids is 1. The summed E-state index contributed by atoms with van der Waals surface area (Å²) in [7, 11) is 2.62. The van der Waals surface area contributed by atoms with Crippen molar-refractivity contribution < 1.29 is 34.6 Å². The lowest BCUT2D eigenvalue weighted by Gasteiger charge is -2.08. The van der Waals surface area contributed by atoms with Crippen molar-refractivity contribution >= 4 is 11.7 Å². The van der Waals surface area contributed by atoms with E-state index in [2.05, 4.69) is 0 Å². The Morgan fingerprint density at radius 3 is 1.85 bits per heavy atom. The van der Waals surface area contributed by atoms with E-state index in [-0.39, 0.29) is 11.5 Å². The number of carboxylic acids is 1. The highest BCUT2D eigenvalue weighted by molar-refractivity contribution is 5.93. The molecule has 0 unspecified atom stereocenters. The van der Waals surface area contributed by atoms with Crippen LogP contribution in [-0.2, 0) is 0 Å². The van der Waals surface area contributed by atoms with E-state index in [9.17, 15) is 14.9 Å². The van der Waals surface area contributed by atoms with Crippen LogP contribution >= 0.6 is 0 Å². The van der Waals surface area contributed by atoms with Crippen LogP contribution in [0.3, 0.4) is 0 Å². The highest BCUT2D eigenvalue weighted by Crippen LogP contribution is 2.34. The number of hydrogen-bond donors (Lipinski definition) is 2. The van der Waals surface area contributed by atoms with Gasteiger partial charge < -0.3 is 19.8 Å². The third kappa shape index (κ3) is 4.64. The van der Waals surface area contributed by atoms with Crippen molar-refractivity contribution in [2.45, 2.75) is 0 Å². The highest BCUT2D eigenvalue weighted by atomic mass is 16.9. The third-order valence-electron chi connectivity index (χ3n) is 1.93. The number of carboxylic acid groups (broad SMARTS) is 1. The molecule has 1 rings (SSSR count). The summed E-state index contributed by atoms with van der Waals surface area (Å²) in [5.41, 5.74) is -0.979. The maximum absolute atomic E-state index is 10.8. The Kier molecular flexibility index (Phi) is 6.21. The van der Waals surface area contributed by atoms with Crippen LogP contribution in [0.15, 0.2) is 12.1 Å². The van der Waals surface area contributed by atoms with Gasteiger partial charge in [0.25, 0.3) is 10.8 Å². The number of nitro groups is 1. The molecule has 0 aliphatic heterocycles. The van der Waals surface area contributed by atoms with Crippen molar-refractivity contribution in [3.8, 4) is 11.5 Å². The Hall–Kier alpha value is -3.11. The van der Waals surface area contributed by atoms with Crippen LogP contribution in [0.25, 0.3) is 0 Å². The zero-order valence-electron chi connectivity index (χ0n) is 10.3. The number of nitro benzene ring substituents is 1. The van der Waals surface area contributed by atoms with Crippen molar-refractivity contribution in [2.24, 2.45) is 0 Å². The zero-order chi connectivity index (χ0) is 15.9. The minimum Gasteiger partial charge on any atom is -0.493 e. The Morgan fingerprint density at radius 1 is 1.15 bits per heavy atom. The van der Waals surface area contributed by atoms with Crippen LogP contribution < -0.4 is 9.47 Å². The summed E-state index contributed by atoms with van der Waals surface area (Å²) < 4.78 is 9.69. The lowest BCUT2D eigenvalue weighted by molar-refractivity contribution is -0.742. The van der Waals surface area contributed by atoms with Gasteiger partial charge in [-0.05, 0) is 0 Å². The number of hydrogen-bond acceptors (Lipinski definition) is 7. The minimum atomic E-state index is -1.50. The molecule has 0 saturated carbocycles. The second kappa shape index (κ2) is 7.35. The highest BCUT2D eigenvalue weighted by Gasteiger charge is 2.23. The maximum Gasteiger partial charge on any atom is 0.342 e. The van der Waals surface area contributed by atoms with E-state index in [1.165, 1.54) is 14.2 Å². The fourth-order valence-electron chi connectivity index (χ4n) is 1.19. The first-order valence-electron chi connectivity index (χ1n) is 4.71. The van der Waals surface area contributed by atoms with Crippen LogP contribution in [0.5, 0.6) is 11.5 Å². The number of nitrogens with zero attached hydrogens (tertiary/aromatic N) is 2. The summed E-state index contributed by atoms with van der Waals surface area (Å²) in [6, 6.07) is 2.07. The molecule has 11 nitrogen and oxygen atoms in total. The lowest BCUT2D eigenvalue weighted by Crippen LogP contribution is -2.04. The fourth-order valence-corrected chi connectivity index (χ4v) is 1.19. The van der Waals surface area contributed by atoms with Crippen LogP contribution in [0, 0.1) is 20.2 Å². The zero-order valence-corrected chi connectivity index (χ0v) is 10.3. The van der Waals surface area contributed by atoms with E-state index >= 15 is 0 Å². The summed E-state index contributed by atoms with van der Waals surface area (Å²) >= 11 is 0. The molecule has 0 atom stereocenters. The van der Waals surface area contributed by atoms with Crippen LogP contribution in [0.4, 0.5) is 5.69 Å². The molecule has 11 heteroatoms. The van der Waals surface area contributed by atoms with E-state index < -0.39 is 27.2 Å². The molecular weight excluding hydrogens is 280 g/mol. The van der Waals surface area contributed by atoms with E-state index in [1.807, 2.05) is 0 Å². The molecule has 0 saturated heterocycles. The van der Waals surface area contributed by atoms with Crippen LogP contribution in [0.2, 0.25) is 0 Å². The van der Waals surface area contributed by atoms with Gasteiger partial charge in [0.15, 0.2) is 11.5 Å². The Morgan fingerprint density at radius 2 is 1.55 bits per heavy atom. The lowest BCUT2D eigenvalue weighted by atomic mass is 10.1. The second-order valence-electron chi connectivity index (χ2n) is 3.02. The molecule has 0 aliphatic rings. The van der Waals surface area contributed by atoms with E-state index in [0.717, 1.165) is 12.1 Å². The SMILES string of the molecule is COc1cc(C(=O)O)c([N+](=O)[O-])cc1OC.O=[N+]([O-])O. The second-order valence-corrected chi connectivity index (χ2v) is 3.02. The van der Waals surface area contributed by atoms with Gasteiger partial charge >= 0.3 is 5.97 Å². The van der Waals surface area contributed by atoms with Gasteiger partial charge in [0.05, 0.1) is 25.2 Å². The summed E-state index contributed by atoms with van der Waals surface area (Å²) in [5.74, 6) is -1.16. The molecule has 0 fully saturated rings. The molecule has 0 spiro atoms. The number of carbonyl (C=O) groups is 1. The topological polar surface area (TPSA) is 162 Å². The summed E-state index contributed by atoms with van der Waals surface area (Å²) in [4.78, 5) is 29.0. The van der Waals surface area contributed by atoms with Gasteiger partial charge in [-0.15, -0.1) is 10.1 Å². The standard InChI is InChI=1S/C9H9NO6.HNO3/c1-15-7-3-5(9(11)12)6(10(13)14)4-8(7)16-2;2-1(3)4/h3-4H,1-2H3,(H,11,12);(H,2,3,4). The van der Waals surface area contributed by atoms with Gasteiger partial charge in [-0.1, -0.05) is 0 Å². The van der Waals surface area contributed by atoms with Crippen molar-refractivity contribution in [3.63, 3.8) is 0 Å². The summed E-state index contributed by atoms with van der Waals surface area (Å²) in [5, 5.41) is 33.1. The third-order valence-corrected chi connectivity index (χ3v) is 1.93. The van der Waals surface area contributed by atoms with E-state index in [4.69, 9.17) is 29.9 Å². The molecule has 0 aromatic heterocycles. The van der Waals surface area contributed by atoms with Gasteiger partial charge in [-0.25, -0.2) is 4.79 Å². The largest absolute Gasteiger partial charge is 0.493 e. The predicted octanol–water partition coefficient (Wildman–Crippen LogP) is 0.962. The van der Waals surface area contributed by atoms with Gasteiger partial charge in [-0.2, -0.15) is 0 Å².